The number of carboxylic acids is 1. The molecule has 0 aromatic heterocycles. The first-order chi connectivity index (χ1) is 16.4. The monoisotopic (exact) mass is 458 g/mol. The Bertz CT molecular complexity index is 1320. The minimum atomic E-state index is -1.12. The minimum absolute atomic E-state index is 0.000340. The molecule has 34 heavy (non-hydrogen) atoms. The lowest BCUT2D eigenvalue weighted by Gasteiger charge is -2.38. The van der Waals surface area contributed by atoms with Gasteiger partial charge in [0, 0.05) is 23.1 Å². The van der Waals surface area contributed by atoms with Gasteiger partial charge >= 0.3 is 5.97 Å². The predicted molar refractivity (Wildman–Crippen MR) is 128 cm³/mol. The molecule has 174 valence electrons. The Kier molecular flexibility index (Phi) is 5.40. The fraction of sp³-hybridized carbons (Fsp3) is 0.259. The van der Waals surface area contributed by atoms with E-state index in [1.807, 2.05) is 29.3 Å². The van der Waals surface area contributed by atoms with Gasteiger partial charge < -0.3 is 19.3 Å². The highest BCUT2D eigenvalue weighted by molar-refractivity contribution is 6.03. The zero-order chi connectivity index (χ0) is 24.0. The molecule has 0 saturated carbocycles. The third-order valence-electron chi connectivity index (χ3n) is 6.46. The van der Waals surface area contributed by atoms with Crippen LogP contribution in [0.15, 0.2) is 59.7 Å². The molecule has 0 spiro atoms. The number of hydrazone groups is 1. The van der Waals surface area contributed by atoms with Gasteiger partial charge in [-0.2, -0.15) is 5.10 Å². The molecule has 0 unspecified atom stereocenters. The van der Waals surface area contributed by atoms with Crippen LogP contribution in [0.25, 0.3) is 0 Å². The lowest BCUT2D eigenvalue weighted by Crippen LogP contribution is -2.34. The number of carboxylic acid groups (broad SMARTS) is 1. The van der Waals surface area contributed by atoms with Crippen LogP contribution in [0, 0.1) is 13.8 Å². The highest BCUT2D eigenvalue weighted by atomic mass is 16.5. The Morgan fingerprint density at radius 3 is 2.59 bits per heavy atom. The van der Waals surface area contributed by atoms with Gasteiger partial charge in [0.15, 0.2) is 11.5 Å². The molecule has 1 N–H and O–H groups in total. The van der Waals surface area contributed by atoms with Crippen LogP contribution in [0.3, 0.4) is 0 Å². The molecule has 3 aromatic rings. The van der Waals surface area contributed by atoms with Gasteiger partial charge in [-0.25, -0.2) is 9.80 Å². The Morgan fingerprint density at radius 2 is 1.85 bits per heavy atom. The van der Waals surface area contributed by atoms with Crippen LogP contribution in [0.2, 0.25) is 0 Å². The summed E-state index contributed by atoms with van der Waals surface area (Å²) in [6, 6.07) is 17.5. The van der Waals surface area contributed by atoms with E-state index in [9.17, 15) is 9.90 Å². The maximum atomic E-state index is 12.4. The fourth-order valence-electron chi connectivity index (χ4n) is 4.82. The summed E-state index contributed by atoms with van der Waals surface area (Å²) in [5.74, 6) is 0.0989. The molecule has 3 aromatic carbocycles. The molecule has 0 fully saturated rings. The first-order valence-electron chi connectivity index (χ1n) is 11.1. The number of aryl methyl sites for hydroxylation is 2. The molecule has 2 heterocycles. The minimum Gasteiger partial charge on any atom is -0.493 e. The van der Waals surface area contributed by atoms with E-state index in [0.29, 0.717) is 17.7 Å². The summed E-state index contributed by atoms with van der Waals surface area (Å²) in [6.45, 7) is 4.14. The van der Waals surface area contributed by atoms with Crippen molar-refractivity contribution in [3.63, 3.8) is 0 Å². The van der Waals surface area contributed by atoms with Crippen molar-refractivity contribution in [3.05, 3.63) is 88.0 Å². The van der Waals surface area contributed by atoms with Crippen LogP contribution in [0.4, 0.5) is 0 Å². The molecule has 0 radical (unpaired) electrons. The van der Waals surface area contributed by atoms with E-state index in [1.165, 1.54) is 14.2 Å². The van der Waals surface area contributed by atoms with Crippen LogP contribution in [0.1, 0.15) is 56.9 Å². The topological polar surface area (TPSA) is 80.6 Å². The Balaban J connectivity index is 1.69. The third kappa shape index (κ3) is 3.44. The predicted octanol–water partition coefficient (Wildman–Crippen LogP) is 5.26. The summed E-state index contributed by atoms with van der Waals surface area (Å²) in [6.07, 6.45) is -0.0509. The summed E-state index contributed by atoms with van der Waals surface area (Å²) < 4.78 is 17.2. The summed E-state index contributed by atoms with van der Waals surface area (Å²) in [5.41, 5.74) is 5.84. The Labute approximate surface area is 198 Å². The standard InChI is InChI=1S/C27H26N2O5/c1-15-9-10-16(2)19(13-15)20-14-21-17-7-5-6-8-22(17)34-26(29(21)28-20)18-11-12-23(32-3)25(33-4)24(18)27(30)31/h5-13,21,26H,14H2,1-4H3,(H,30,31)/t21-,26-/m0/s1. The molecule has 0 saturated heterocycles. The van der Waals surface area contributed by atoms with E-state index < -0.39 is 12.2 Å². The summed E-state index contributed by atoms with van der Waals surface area (Å²) in [4.78, 5) is 12.4. The second kappa shape index (κ2) is 8.41. The van der Waals surface area contributed by atoms with Crippen molar-refractivity contribution in [2.75, 3.05) is 14.2 Å². The molecule has 7 heteroatoms. The lowest BCUT2D eigenvalue weighted by atomic mass is 9.93. The molecule has 0 bridgehead atoms. The number of nitrogens with zero attached hydrogens (tertiary/aromatic N) is 2. The molecular formula is C27H26N2O5. The number of para-hydroxylation sites is 1. The van der Waals surface area contributed by atoms with Crippen molar-refractivity contribution in [3.8, 4) is 17.2 Å². The van der Waals surface area contributed by atoms with Gasteiger partial charge in [0.05, 0.1) is 26.0 Å². The number of hydrogen-bond acceptors (Lipinski definition) is 6. The van der Waals surface area contributed by atoms with Crippen LogP contribution < -0.4 is 14.2 Å². The van der Waals surface area contributed by atoms with E-state index in [2.05, 4.69) is 32.0 Å². The fourth-order valence-corrected chi connectivity index (χ4v) is 4.82. The second-order valence-electron chi connectivity index (χ2n) is 8.54. The largest absolute Gasteiger partial charge is 0.493 e. The van der Waals surface area contributed by atoms with E-state index in [0.717, 1.165) is 33.7 Å². The van der Waals surface area contributed by atoms with Crippen molar-refractivity contribution in [2.45, 2.75) is 32.5 Å². The number of fused-ring (bicyclic) bond motifs is 3. The van der Waals surface area contributed by atoms with Crippen LogP contribution in [-0.4, -0.2) is 36.0 Å². The molecule has 5 rings (SSSR count). The van der Waals surface area contributed by atoms with Gasteiger partial charge in [0.2, 0.25) is 6.23 Å². The van der Waals surface area contributed by atoms with Gasteiger partial charge in [0.1, 0.15) is 11.3 Å². The zero-order valence-electron chi connectivity index (χ0n) is 19.5. The van der Waals surface area contributed by atoms with Crippen LogP contribution in [0.5, 0.6) is 17.2 Å². The van der Waals surface area contributed by atoms with Gasteiger partial charge in [-0.05, 0) is 43.7 Å². The van der Waals surface area contributed by atoms with Crippen molar-refractivity contribution in [1.29, 1.82) is 0 Å². The van der Waals surface area contributed by atoms with E-state index in [-0.39, 0.29) is 17.4 Å². The third-order valence-corrected chi connectivity index (χ3v) is 6.46. The zero-order valence-corrected chi connectivity index (χ0v) is 19.5. The second-order valence-corrected chi connectivity index (χ2v) is 8.54. The highest BCUT2D eigenvalue weighted by Crippen LogP contribution is 2.49. The molecule has 0 amide bonds. The molecular weight excluding hydrogens is 432 g/mol. The number of benzene rings is 3. The number of hydrogen-bond donors (Lipinski definition) is 1. The lowest BCUT2D eigenvalue weighted by molar-refractivity contribution is -0.0199. The summed E-state index contributed by atoms with van der Waals surface area (Å²) in [7, 11) is 2.91. The van der Waals surface area contributed by atoms with E-state index in [4.69, 9.17) is 19.3 Å². The van der Waals surface area contributed by atoms with Crippen LogP contribution in [-0.2, 0) is 0 Å². The maximum absolute atomic E-state index is 12.4. The van der Waals surface area contributed by atoms with Crippen molar-refractivity contribution < 1.29 is 24.1 Å². The quantitative estimate of drug-likeness (QED) is 0.562. The molecule has 2 aliphatic heterocycles. The summed E-state index contributed by atoms with van der Waals surface area (Å²) >= 11 is 0. The van der Waals surface area contributed by atoms with Crippen molar-refractivity contribution in [1.82, 2.24) is 5.01 Å². The first kappa shape index (κ1) is 21.8. The average Bonchev–Trinajstić information content (AvgIpc) is 3.29. The Morgan fingerprint density at radius 1 is 1.06 bits per heavy atom. The number of methoxy groups -OCH3 is 2. The first-order valence-corrected chi connectivity index (χ1v) is 11.1. The van der Waals surface area contributed by atoms with Gasteiger partial charge in [-0.15, -0.1) is 0 Å². The maximum Gasteiger partial charge on any atom is 0.340 e. The normalized spacial score (nSPS) is 18.5. The van der Waals surface area contributed by atoms with Crippen molar-refractivity contribution in [2.24, 2.45) is 5.10 Å². The molecule has 2 atom stereocenters. The number of aromatic carboxylic acids is 1. The SMILES string of the molecule is COc1ccc([C@@H]2Oc3ccccc3[C@@H]3CC(c4cc(C)ccc4C)=NN32)c(C(=O)O)c1OC. The average molecular weight is 459 g/mol. The van der Waals surface area contributed by atoms with Gasteiger partial charge in [0.25, 0.3) is 0 Å². The number of ether oxygens (including phenoxy) is 3. The Hall–Kier alpha value is -4.00. The number of carbonyl (C=O) groups is 1. The molecule has 0 aliphatic carbocycles. The number of rotatable bonds is 5. The van der Waals surface area contributed by atoms with E-state index >= 15 is 0 Å². The smallest absolute Gasteiger partial charge is 0.340 e. The van der Waals surface area contributed by atoms with Crippen LogP contribution >= 0.6 is 0 Å². The van der Waals surface area contributed by atoms with Gasteiger partial charge in [-0.1, -0.05) is 35.9 Å². The van der Waals surface area contributed by atoms with Crippen molar-refractivity contribution >= 4 is 11.7 Å². The molecule has 2 aliphatic rings. The van der Waals surface area contributed by atoms with Gasteiger partial charge in [-0.3, -0.25) is 0 Å². The highest BCUT2D eigenvalue weighted by Gasteiger charge is 2.43. The summed E-state index contributed by atoms with van der Waals surface area (Å²) in [5, 5.41) is 17.0. The molecule has 7 nitrogen and oxygen atoms in total. The van der Waals surface area contributed by atoms with E-state index in [1.54, 1.807) is 12.1 Å².